The molecule has 0 atom stereocenters. The fourth-order valence-electron chi connectivity index (χ4n) is 7.04. The second-order valence-corrected chi connectivity index (χ2v) is 14.4. The molecule has 0 heteroatoms. The molecular weight excluding hydrogens is 553 g/mol. The highest BCUT2D eigenvalue weighted by Crippen LogP contribution is 2.32. The Labute approximate surface area is 286 Å². The van der Waals surface area contributed by atoms with Gasteiger partial charge in [0, 0.05) is 0 Å². The van der Waals surface area contributed by atoms with E-state index < -0.39 is 0 Å². The maximum atomic E-state index is 4.05. The molecule has 0 unspecified atom stereocenters. The van der Waals surface area contributed by atoms with Gasteiger partial charge in [0.1, 0.15) is 0 Å². The van der Waals surface area contributed by atoms with Crippen molar-refractivity contribution in [1.82, 2.24) is 0 Å². The summed E-state index contributed by atoms with van der Waals surface area (Å²) < 4.78 is 0. The lowest BCUT2D eigenvalue weighted by atomic mass is 9.78. The SMILES string of the molecule is C=C\C=C(/C(C)=C(C)/C=C(\C)c1ccc(C(=C)C)cc1C)c1ccc(C)cc1.CC.CC1CC(C)CC(C)C1.CC1CCCCC1. The van der Waals surface area contributed by atoms with Crippen molar-refractivity contribution < 1.29 is 0 Å². The summed E-state index contributed by atoms with van der Waals surface area (Å²) in [6.07, 6.45) is 18.1. The average Bonchev–Trinajstić information content (AvgIpc) is 3.01. The Morgan fingerprint density at radius 1 is 0.696 bits per heavy atom. The lowest BCUT2D eigenvalue weighted by Gasteiger charge is -2.28. The quantitative estimate of drug-likeness (QED) is 0.281. The Kier molecular flexibility index (Phi) is 19.5. The zero-order valence-electron chi connectivity index (χ0n) is 32.2. The van der Waals surface area contributed by atoms with Gasteiger partial charge in [-0.1, -0.05) is 159 Å². The van der Waals surface area contributed by atoms with E-state index in [1.807, 2.05) is 26.8 Å². The minimum absolute atomic E-state index is 0.990. The molecule has 0 aliphatic heterocycles. The molecule has 0 aromatic heterocycles. The summed E-state index contributed by atoms with van der Waals surface area (Å²) in [4.78, 5) is 0. The van der Waals surface area contributed by atoms with E-state index in [0.717, 1.165) is 29.2 Å². The molecule has 0 nitrogen and oxygen atoms in total. The summed E-state index contributed by atoms with van der Waals surface area (Å²) in [5.41, 5.74) is 12.3. The van der Waals surface area contributed by atoms with Crippen LogP contribution in [0.4, 0.5) is 0 Å². The molecule has 2 fully saturated rings. The van der Waals surface area contributed by atoms with E-state index in [9.17, 15) is 0 Å². The average molecular weight is 623 g/mol. The lowest BCUT2D eigenvalue weighted by molar-refractivity contribution is 0.233. The van der Waals surface area contributed by atoms with Crippen LogP contribution in [0.2, 0.25) is 0 Å². The summed E-state index contributed by atoms with van der Waals surface area (Å²) in [7, 11) is 0. The molecule has 0 spiro atoms. The first-order valence-electron chi connectivity index (χ1n) is 18.3. The Hall–Kier alpha value is -2.86. The third-order valence-electron chi connectivity index (χ3n) is 9.53. The summed E-state index contributed by atoms with van der Waals surface area (Å²) in [6.45, 7) is 34.3. The van der Waals surface area contributed by atoms with Crippen LogP contribution in [-0.2, 0) is 0 Å². The zero-order chi connectivity index (χ0) is 34.8. The van der Waals surface area contributed by atoms with E-state index in [1.165, 1.54) is 101 Å². The number of allylic oxidation sites excluding steroid dienone is 8. The van der Waals surface area contributed by atoms with Crippen LogP contribution in [0.1, 0.15) is 148 Å². The maximum Gasteiger partial charge on any atom is -0.0152 e. The van der Waals surface area contributed by atoms with Gasteiger partial charge in [0.05, 0.1) is 0 Å². The van der Waals surface area contributed by atoms with Crippen LogP contribution in [-0.4, -0.2) is 0 Å². The van der Waals surface area contributed by atoms with Crippen molar-refractivity contribution in [3.8, 4) is 0 Å². The van der Waals surface area contributed by atoms with Gasteiger partial charge in [-0.15, -0.1) is 0 Å². The summed E-state index contributed by atoms with van der Waals surface area (Å²) >= 11 is 0. The molecule has 4 rings (SSSR count). The fourth-order valence-corrected chi connectivity index (χ4v) is 7.04. The minimum atomic E-state index is 0.990. The van der Waals surface area contributed by atoms with Crippen LogP contribution in [0.3, 0.4) is 0 Å². The van der Waals surface area contributed by atoms with Crippen LogP contribution in [0.25, 0.3) is 16.7 Å². The number of aryl methyl sites for hydroxylation is 2. The molecule has 0 radical (unpaired) electrons. The zero-order valence-corrected chi connectivity index (χ0v) is 32.2. The largest absolute Gasteiger partial charge is 0.0990 e. The third kappa shape index (κ3) is 14.7. The van der Waals surface area contributed by atoms with E-state index in [2.05, 4.69) is 130 Å². The van der Waals surface area contributed by atoms with Gasteiger partial charge < -0.3 is 0 Å². The summed E-state index contributed by atoms with van der Waals surface area (Å²) in [6, 6.07) is 15.2. The molecule has 0 saturated heterocycles. The molecule has 254 valence electrons. The van der Waals surface area contributed by atoms with Crippen LogP contribution in [0.5, 0.6) is 0 Å². The van der Waals surface area contributed by atoms with Gasteiger partial charge in [-0.05, 0) is 129 Å². The van der Waals surface area contributed by atoms with Crippen molar-refractivity contribution in [3.63, 3.8) is 0 Å². The maximum absolute atomic E-state index is 4.05. The van der Waals surface area contributed by atoms with Crippen LogP contribution in [0.15, 0.2) is 85.0 Å². The molecule has 46 heavy (non-hydrogen) atoms. The van der Waals surface area contributed by atoms with E-state index in [1.54, 1.807) is 0 Å². The Balaban J connectivity index is 0.000000473. The predicted molar refractivity (Wildman–Crippen MR) is 212 cm³/mol. The number of hydrogen-bond acceptors (Lipinski definition) is 0. The second-order valence-electron chi connectivity index (χ2n) is 14.4. The smallest absolute Gasteiger partial charge is 0.0152 e. The first-order chi connectivity index (χ1) is 21.8. The van der Waals surface area contributed by atoms with E-state index in [0.29, 0.717) is 0 Å². The first kappa shape index (κ1) is 41.2. The molecule has 2 aliphatic carbocycles. The van der Waals surface area contributed by atoms with Crippen molar-refractivity contribution in [2.75, 3.05) is 0 Å². The van der Waals surface area contributed by atoms with Gasteiger partial charge in [0.15, 0.2) is 0 Å². The van der Waals surface area contributed by atoms with Crippen LogP contribution < -0.4 is 0 Å². The van der Waals surface area contributed by atoms with Crippen LogP contribution in [0, 0.1) is 37.5 Å². The van der Waals surface area contributed by atoms with Gasteiger partial charge in [0.2, 0.25) is 0 Å². The highest BCUT2D eigenvalue weighted by molar-refractivity contribution is 5.82. The van der Waals surface area contributed by atoms with E-state index >= 15 is 0 Å². The Morgan fingerprint density at radius 2 is 1.20 bits per heavy atom. The van der Waals surface area contributed by atoms with Gasteiger partial charge in [-0.3, -0.25) is 0 Å². The van der Waals surface area contributed by atoms with Gasteiger partial charge in [-0.25, -0.2) is 0 Å². The van der Waals surface area contributed by atoms with Gasteiger partial charge in [0.25, 0.3) is 0 Å². The lowest BCUT2D eigenvalue weighted by Crippen LogP contribution is -2.16. The van der Waals surface area contributed by atoms with Gasteiger partial charge >= 0.3 is 0 Å². The molecule has 0 heterocycles. The normalized spacial score (nSPS) is 20.8. The Bertz CT molecular complexity index is 1260. The molecule has 2 aliphatic rings. The predicted octanol–water partition coefficient (Wildman–Crippen LogP) is 15.0. The van der Waals surface area contributed by atoms with Crippen molar-refractivity contribution in [2.45, 2.75) is 134 Å². The van der Waals surface area contributed by atoms with Crippen LogP contribution >= 0.6 is 0 Å². The topological polar surface area (TPSA) is 0 Å². The monoisotopic (exact) mass is 623 g/mol. The van der Waals surface area contributed by atoms with Crippen molar-refractivity contribution in [1.29, 1.82) is 0 Å². The van der Waals surface area contributed by atoms with Crippen molar-refractivity contribution >= 4 is 16.7 Å². The molecule has 2 saturated carbocycles. The number of rotatable bonds is 6. The second kappa shape index (κ2) is 21.8. The standard InChI is InChI=1S/C28H32.C9H18.C7H14.C2H6/c1-9-10-28(25-13-11-20(4)12-14-25)24(8)21(5)17-22(6)27-16-15-26(19(2)3)18-23(27)7;1-7-4-8(2)6-9(3)5-7;1-7-5-3-2-4-6-7;1-2/h9-18H,1-2H2,3-8H3;7-9H,4-6H2,1-3H3;7H,2-6H2,1H3;1-2H3/b22-17+,24-21+,28-10+;;;. The molecule has 2 aromatic carbocycles. The molecule has 0 N–H and O–H groups in total. The molecular formula is C46H70. The molecule has 2 aromatic rings. The first-order valence-corrected chi connectivity index (χ1v) is 18.3. The molecule has 0 bridgehead atoms. The van der Waals surface area contributed by atoms with E-state index in [-0.39, 0.29) is 0 Å². The third-order valence-corrected chi connectivity index (χ3v) is 9.53. The number of benzene rings is 2. The summed E-state index contributed by atoms with van der Waals surface area (Å²) in [5, 5.41) is 0. The summed E-state index contributed by atoms with van der Waals surface area (Å²) in [5.74, 6) is 4.00. The number of hydrogen-bond donors (Lipinski definition) is 0. The highest BCUT2D eigenvalue weighted by atomic mass is 14.3. The molecule has 0 amide bonds. The fraction of sp³-hybridized carbons (Fsp3) is 0.522. The Morgan fingerprint density at radius 3 is 1.61 bits per heavy atom. The van der Waals surface area contributed by atoms with Crippen molar-refractivity contribution in [2.24, 2.45) is 23.7 Å². The highest BCUT2D eigenvalue weighted by Gasteiger charge is 2.20. The minimum Gasteiger partial charge on any atom is -0.0990 e. The van der Waals surface area contributed by atoms with Gasteiger partial charge in [-0.2, -0.15) is 0 Å². The van der Waals surface area contributed by atoms with E-state index in [4.69, 9.17) is 0 Å². The van der Waals surface area contributed by atoms with Crippen molar-refractivity contribution in [3.05, 3.63) is 113 Å².